The van der Waals surface area contributed by atoms with Crippen molar-refractivity contribution in [2.24, 2.45) is 0 Å². The van der Waals surface area contributed by atoms with Crippen molar-refractivity contribution in [1.29, 1.82) is 0 Å². The first kappa shape index (κ1) is 15.3. The highest BCUT2D eigenvalue weighted by Gasteiger charge is 2.27. The average Bonchev–Trinajstić information content (AvgIpc) is 2.42. The molecule has 104 valence electrons. The lowest BCUT2D eigenvalue weighted by Gasteiger charge is -2.17. The zero-order chi connectivity index (χ0) is 14.4. The molecule has 0 radical (unpaired) electrons. The molecule has 0 bridgehead atoms. The van der Waals surface area contributed by atoms with Gasteiger partial charge in [-0.2, -0.15) is 0 Å². The van der Waals surface area contributed by atoms with Gasteiger partial charge in [0.25, 0.3) is 0 Å². The van der Waals surface area contributed by atoms with Crippen LogP contribution in [0.25, 0.3) is 0 Å². The Bertz CT molecular complexity index is 455. The van der Waals surface area contributed by atoms with Crippen molar-refractivity contribution < 1.29 is 24.5 Å². The van der Waals surface area contributed by atoms with E-state index in [0.717, 1.165) is 0 Å². The number of Topliss-reactive ketones (excluding diaryl/α,β-unsaturated/α-hetero) is 2. The predicted octanol–water partition coefficient (Wildman–Crippen LogP) is 0.969. The number of benzene rings is 1. The highest BCUT2D eigenvalue weighted by atomic mass is 16.5. The lowest BCUT2D eigenvalue weighted by molar-refractivity contribution is -0.117. The van der Waals surface area contributed by atoms with Gasteiger partial charge in [0.1, 0.15) is 17.6 Å². The molecule has 0 aromatic heterocycles. The predicted molar refractivity (Wildman–Crippen MR) is 69.3 cm³/mol. The smallest absolute Gasteiger partial charge is 0.197 e. The molecule has 1 aromatic rings. The molecule has 1 aromatic carbocycles. The molecular weight excluding hydrogens is 248 g/mol. The average molecular weight is 266 g/mol. The number of para-hydroxylation sites is 1. The zero-order valence-electron chi connectivity index (χ0n) is 11.0. The Kier molecular flexibility index (Phi) is 5.66. The van der Waals surface area contributed by atoms with Crippen molar-refractivity contribution >= 4 is 11.6 Å². The number of ether oxygens (including phenoxy) is 1. The topological polar surface area (TPSA) is 83.8 Å². The van der Waals surface area contributed by atoms with E-state index in [-0.39, 0.29) is 24.2 Å². The van der Waals surface area contributed by atoms with Crippen molar-refractivity contribution in [2.75, 3.05) is 7.11 Å². The molecule has 1 rings (SSSR count). The van der Waals surface area contributed by atoms with Gasteiger partial charge in [0.05, 0.1) is 18.8 Å². The molecule has 0 aliphatic rings. The van der Waals surface area contributed by atoms with Gasteiger partial charge in [0.2, 0.25) is 0 Å². The van der Waals surface area contributed by atoms with Gasteiger partial charge in [-0.25, -0.2) is 0 Å². The second kappa shape index (κ2) is 7.01. The molecule has 2 atom stereocenters. The van der Waals surface area contributed by atoms with Crippen LogP contribution in [0.2, 0.25) is 0 Å². The Balaban J connectivity index is 2.78. The number of ketones is 2. The van der Waals surface area contributed by atoms with Gasteiger partial charge >= 0.3 is 0 Å². The molecule has 2 N–H and O–H groups in total. The van der Waals surface area contributed by atoms with Crippen molar-refractivity contribution in [3.63, 3.8) is 0 Å². The number of methoxy groups -OCH3 is 1. The Labute approximate surface area is 111 Å². The number of hydrogen-bond acceptors (Lipinski definition) is 5. The minimum absolute atomic E-state index is 0.0530. The molecule has 0 fully saturated rings. The summed E-state index contributed by atoms with van der Waals surface area (Å²) in [5.41, 5.74) is 0.208. The third-order valence-electron chi connectivity index (χ3n) is 2.80. The van der Waals surface area contributed by atoms with E-state index in [1.807, 2.05) is 0 Å². The number of hydrogen-bond donors (Lipinski definition) is 2. The number of rotatable bonds is 7. The van der Waals surface area contributed by atoms with Crippen LogP contribution in [0.3, 0.4) is 0 Å². The Hall–Kier alpha value is -1.72. The van der Waals surface area contributed by atoms with Gasteiger partial charge in [-0.15, -0.1) is 0 Å². The van der Waals surface area contributed by atoms with Gasteiger partial charge in [-0.05, 0) is 25.5 Å². The van der Waals surface area contributed by atoms with Crippen LogP contribution in [-0.2, 0) is 4.79 Å². The Morgan fingerprint density at radius 1 is 1.26 bits per heavy atom. The molecule has 5 heteroatoms. The minimum Gasteiger partial charge on any atom is -0.496 e. The lowest BCUT2D eigenvalue weighted by Crippen LogP contribution is -2.34. The summed E-state index contributed by atoms with van der Waals surface area (Å²) in [6.07, 6.45) is -2.65. The first-order chi connectivity index (χ1) is 8.97. The fourth-order valence-electron chi connectivity index (χ4n) is 1.69. The second-order valence-corrected chi connectivity index (χ2v) is 4.32. The van der Waals surface area contributed by atoms with Crippen molar-refractivity contribution in [2.45, 2.75) is 32.0 Å². The van der Waals surface area contributed by atoms with Crippen molar-refractivity contribution in [3.8, 4) is 5.75 Å². The van der Waals surface area contributed by atoms with E-state index in [0.29, 0.717) is 5.75 Å². The van der Waals surface area contributed by atoms with Crippen molar-refractivity contribution in [1.82, 2.24) is 0 Å². The maximum absolute atomic E-state index is 12.0. The van der Waals surface area contributed by atoms with Gasteiger partial charge in [-0.3, -0.25) is 4.79 Å². The highest BCUT2D eigenvalue weighted by Crippen LogP contribution is 2.20. The van der Waals surface area contributed by atoms with Crippen molar-refractivity contribution in [3.05, 3.63) is 29.8 Å². The summed E-state index contributed by atoms with van der Waals surface area (Å²) in [6.45, 7) is 1.39. The molecule has 5 nitrogen and oxygen atoms in total. The third kappa shape index (κ3) is 4.15. The molecule has 0 aliphatic heterocycles. The van der Waals surface area contributed by atoms with E-state index in [1.54, 1.807) is 18.2 Å². The van der Waals surface area contributed by atoms with E-state index < -0.39 is 18.0 Å². The molecule has 19 heavy (non-hydrogen) atoms. The largest absolute Gasteiger partial charge is 0.496 e. The summed E-state index contributed by atoms with van der Waals surface area (Å²) in [7, 11) is 1.42. The summed E-state index contributed by atoms with van der Waals surface area (Å²) in [4.78, 5) is 22.8. The monoisotopic (exact) mass is 266 g/mol. The molecular formula is C14H18O5. The first-order valence-electron chi connectivity index (χ1n) is 6.00. The van der Waals surface area contributed by atoms with Crippen LogP contribution in [0.15, 0.2) is 24.3 Å². The fourth-order valence-corrected chi connectivity index (χ4v) is 1.69. The van der Waals surface area contributed by atoms with Crippen LogP contribution in [0.1, 0.15) is 30.1 Å². The third-order valence-corrected chi connectivity index (χ3v) is 2.80. The van der Waals surface area contributed by atoms with E-state index in [9.17, 15) is 19.8 Å². The summed E-state index contributed by atoms with van der Waals surface area (Å²) in [6, 6.07) is 6.46. The normalized spacial score (nSPS) is 13.7. The summed E-state index contributed by atoms with van der Waals surface area (Å²) < 4.78 is 5.03. The Morgan fingerprint density at radius 2 is 1.89 bits per heavy atom. The molecule has 0 aliphatic carbocycles. The number of aliphatic hydroxyl groups is 2. The maximum Gasteiger partial charge on any atom is 0.197 e. The quantitative estimate of drug-likeness (QED) is 0.718. The molecule has 0 spiro atoms. The van der Waals surface area contributed by atoms with Gasteiger partial charge < -0.3 is 19.7 Å². The van der Waals surface area contributed by atoms with Crippen LogP contribution >= 0.6 is 0 Å². The van der Waals surface area contributed by atoms with Crippen LogP contribution < -0.4 is 4.74 Å². The molecule has 0 saturated heterocycles. The molecule has 0 amide bonds. The van der Waals surface area contributed by atoms with E-state index in [2.05, 4.69) is 0 Å². The SMILES string of the molecule is COc1ccccc1C(=O)[C@H](O)[C@H](O)CCC(C)=O. The van der Waals surface area contributed by atoms with Gasteiger partial charge in [0.15, 0.2) is 5.78 Å². The van der Waals surface area contributed by atoms with Crippen LogP contribution in [0.5, 0.6) is 5.75 Å². The number of carbonyl (C=O) groups is 2. The fraction of sp³-hybridized carbons (Fsp3) is 0.429. The summed E-state index contributed by atoms with van der Waals surface area (Å²) in [5.74, 6) is -0.380. The lowest BCUT2D eigenvalue weighted by atomic mass is 9.98. The highest BCUT2D eigenvalue weighted by molar-refractivity contribution is 6.02. The van der Waals surface area contributed by atoms with Crippen LogP contribution in [0.4, 0.5) is 0 Å². The minimum atomic E-state index is -1.56. The van der Waals surface area contributed by atoms with E-state index in [4.69, 9.17) is 4.74 Å². The van der Waals surface area contributed by atoms with E-state index in [1.165, 1.54) is 20.1 Å². The zero-order valence-corrected chi connectivity index (χ0v) is 11.0. The summed E-state index contributed by atoms with van der Waals surface area (Å²) >= 11 is 0. The number of carbonyl (C=O) groups excluding carboxylic acids is 2. The van der Waals surface area contributed by atoms with Crippen LogP contribution in [0, 0.1) is 0 Å². The van der Waals surface area contributed by atoms with Crippen LogP contribution in [-0.4, -0.2) is 41.1 Å². The number of aliphatic hydroxyl groups excluding tert-OH is 2. The first-order valence-corrected chi connectivity index (χ1v) is 6.00. The second-order valence-electron chi connectivity index (χ2n) is 4.32. The molecule has 0 heterocycles. The standard InChI is InChI=1S/C14H18O5/c1-9(15)7-8-11(16)14(18)13(17)10-5-3-4-6-12(10)19-2/h3-6,11,14,16,18H,7-8H2,1-2H3/t11-,14-/m1/s1. The maximum atomic E-state index is 12.0. The van der Waals surface area contributed by atoms with Gasteiger partial charge in [0, 0.05) is 6.42 Å². The summed E-state index contributed by atoms with van der Waals surface area (Å²) in [5, 5.41) is 19.5. The van der Waals surface area contributed by atoms with Gasteiger partial charge in [-0.1, -0.05) is 12.1 Å². The molecule has 0 saturated carbocycles. The van der Waals surface area contributed by atoms with E-state index >= 15 is 0 Å². The molecule has 0 unspecified atom stereocenters. The Morgan fingerprint density at radius 3 is 2.47 bits per heavy atom.